The lowest BCUT2D eigenvalue weighted by Crippen LogP contribution is -2.25. The van der Waals surface area contributed by atoms with Crippen molar-refractivity contribution in [2.24, 2.45) is 5.10 Å². The predicted octanol–water partition coefficient (Wildman–Crippen LogP) is 3.55. The number of benzene rings is 2. The summed E-state index contributed by atoms with van der Waals surface area (Å²) in [5.74, 6) is 0.726. The lowest BCUT2D eigenvalue weighted by molar-refractivity contribution is -0.147. The Hall–Kier alpha value is -3.20. The van der Waals surface area contributed by atoms with Gasteiger partial charge in [0.05, 0.1) is 31.3 Å². The summed E-state index contributed by atoms with van der Waals surface area (Å²) in [5, 5.41) is 4.83. The highest BCUT2D eigenvalue weighted by atomic mass is 79.9. The molecule has 0 aliphatic heterocycles. The van der Waals surface area contributed by atoms with Gasteiger partial charge in [0.1, 0.15) is 5.82 Å². The first kappa shape index (κ1) is 22.5. The number of rotatable bonds is 7. The molecular formula is C22H22BrN3O5. The van der Waals surface area contributed by atoms with E-state index in [1.807, 2.05) is 13.0 Å². The summed E-state index contributed by atoms with van der Waals surface area (Å²) in [7, 11) is 2.79. The molecule has 0 bridgehead atoms. The van der Waals surface area contributed by atoms with Gasteiger partial charge < -0.3 is 14.2 Å². The van der Waals surface area contributed by atoms with Crippen molar-refractivity contribution in [3.05, 3.63) is 62.6 Å². The summed E-state index contributed by atoms with van der Waals surface area (Å²) >= 11 is 3.39. The zero-order valence-electron chi connectivity index (χ0n) is 17.6. The predicted molar refractivity (Wildman–Crippen MR) is 121 cm³/mol. The molecule has 1 aromatic heterocycles. The quantitative estimate of drug-likeness (QED) is 0.373. The van der Waals surface area contributed by atoms with Crippen LogP contribution in [0.25, 0.3) is 10.9 Å². The lowest BCUT2D eigenvalue weighted by atomic mass is 10.2. The average molecular weight is 488 g/mol. The van der Waals surface area contributed by atoms with E-state index in [0.29, 0.717) is 40.2 Å². The Morgan fingerprint density at radius 2 is 2.06 bits per heavy atom. The minimum absolute atomic E-state index is 0.285. The van der Waals surface area contributed by atoms with Crippen molar-refractivity contribution in [3.8, 4) is 11.5 Å². The van der Waals surface area contributed by atoms with E-state index in [4.69, 9.17) is 14.2 Å². The van der Waals surface area contributed by atoms with E-state index >= 15 is 0 Å². The lowest BCUT2D eigenvalue weighted by Gasteiger charge is -2.17. The Bertz CT molecular complexity index is 1210. The number of ether oxygens (including phenoxy) is 3. The second-order valence-corrected chi connectivity index (χ2v) is 7.48. The van der Waals surface area contributed by atoms with Crippen LogP contribution < -0.4 is 15.0 Å². The first-order valence-corrected chi connectivity index (χ1v) is 10.4. The topological polar surface area (TPSA) is 92.0 Å². The second-order valence-electron chi connectivity index (χ2n) is 6.57. The largest absolute Gasteiger partial charge is 0.493 e. The molecule has 9 heteroatoms. The first-order chi connectivity index (χ1) is 14.9. The summed E-state index contributed by atoms with van der Waals surface area (Å²) in [4.78, 5) is 29.4. The highest BCUT2D eigenvalue weighted by Crippen LogP contribution is 2.31. The van der Waals surface area contributed by atoms with E-state index in [0.717, 1.165) is 4.47 Å². The smallest absolute Gasteiger partial charge is 0.346 e. The molecule has 0 aliphatic carbocycles. The van der Waals surface area contributed by atoms with Crippen LogP contribution in [0.2, 0.25) is 0 Å². The molecule has 0 saturated heterocycles. The number of fused-ring (bicyclic) bond motifs is 1. The molecular weight excluding hydrogens is 466 g/mol. The fraction of sp³-hybridized carbons (Fsp3) is 0.273. The number of nitrogens with zero attached hydrogens (tertiary/aromatic N) is 3. The van der Waals surface area contributed by atoms with Gasteiger partial charge in [-0.15, -0.1) is 0 Å². The van der Waals surface area contributed by atoms with Crippen LogP contribution in [0, 0.1) is 0 Å². The summed E-state index contributed by atoms with van der Waals surface area (Å²) in [6.45, 7) is 3.47. The fourth-order valence-electron chi connectivity index (χ4n) is 2.97. The van der Waals surface area contributed by atoms with E-state index < -0.39 is 12.1 Å². The summed E-state index contributed by atoms with van der Waals surface area (Å²) < 4.78 is 17.9. The Kier molecular flexibility index (Phi) is 7.06. The van der Waals surface area contributed by atoms with Gasteiger partial charge in [0.25, 0.3) is 5.56 Å². The molecule has 0 spiro atoms. The van der Waals surface area contributed by atoms with Crippen LogP contribution in [0.15, 0.2) is 50.8 Å². The zero-order chi connectivity index (χ0) is 22.5. The Morgan fingerprint density at radius 3 is 2.74 bits per heavy atom. The third kappa shape index (κ3) is 4.77. The van der Waals surface area contributed by atoms with Crippen molar-refractivity contribution in [2.75, 3.05) is 14.2 Å². The molecule has 3 rings (SSSR count). The van der Waals surface area contributed by atoms with Gasteiger partial charge in [0.2, 0.25) is 0 Å². The number of carbonyl (C=O) groups is 1. The molecule has 1 heterocycles. The number of carbonyl (C=O) groups excluding carboxylic acids is 1. The van der Waals surface area contributed by atoms with Crippen LogP contribution in [0.4, 0.5) is 0 Å². The second kappa shape index (κ2) is 9.74. The highest BCUT2D eigenvalue weighted by Gasteiger charge is 2.19. The van der Waals surface area contributed by atoms with Crippen molar-refractivity contribution < 1.29 is 19.0 Å². The molecule has 0 amide bonds. The number of esters is 1. The van der Waals surface area contributed by atoms with Crippen LogP contribution in [0.1, 0.15) is 25.2 Å². The van der Waals surface area contributed by atoms with E-state index in [1.54, 1.807) is 37.3 Å². The standard InChI is InChI=1S/C22H22BrN3O5/c1-5-19-25-17-10-9-15(23)11-16(17)21(27)26(19)24-12-14-7-6-8-18(29-3)20(14)31-13(2)22(28)30-4/h6-13H,5H2,1-4H3/t13-/m1/s1. The van der Waals surface area contributed by atoms with Crippen LogP contribution >= 0.6 is 15.9 Å². The number of hydrogen-bond acceptors (Lipinski definition) is 7. The normalized spacial score (nSPS) is 12.2. The number of aryl methyl sites for hydroxylation is 1. The van der Waals surface area contributed by atoms with Crippen molar-refractivity contribution in [3.63, 3.8) is 0 Å². The van der Waals surface area contributed by atoms with E-state index in [-0.39, 0.29) is 5.56 Å². The van der Waals surface area contributed by atoms with Crippen molar-refractivity contribution >= 4 is 39.0 Å². The van der Waals surface area contributed by atoms with E-state index in [1.165, 1.54) is 25.1 Å². The molecule has 0 aliphatic rings. The Balaban J connectivity index is 2.09. The SMILES string of the molecule is CCc1nc2ccc(Br)cc2c(=O)n1N=Cc1cccc(OC)c1O[C@H](C)C(=O)OC. The molecule has 2 aromatic carbocycles. The third-order valence-corrected chi connectivity index (χ3v) is 5.05. The minimum Gasteiger partial charge on any atom is -0.493 e. The molecule has 8 nitrogen and oxygen atoms in total. The summed E-state index contributed by atoms with van der Waals surface area (Å²) in [6, 6.07) is 10.5. The molecule has 162 valence electrons. The molecule has 3 aromatic rings. The Morgan fingerprint density at radius 1 is 1.29 bits per heavy atom. The first-order valence-electron chi connectivity index (χ1n) is 9.56. The monoisotopic (exact) mass is 487 g/mol. The van der Waals surface area contributed by atoms with Gasteiger partial charge >= 0.3 is 5.97 Å². The van der Waals surface area contributed by atoms with Gasteiger partial charge in [0, 0.05) is 16.5 Å². The molecule has 0 radical (unpaired) electrons. The average Bonchev–Trinajstić information content (AvgIpc) is 2.78. The highest BCUT2D eigenvalue weighted by molar-refractivity contribution is 9.10. The Labute approximate surface area is 187 Å². The maximum atomic E-state index is 13.1. The molecule has 0 unspecified atom stereocenters. The number of halogens is 1. The van der Waals surface area contributed by atoms with Gasteiger partial charge in [-0.05, 0) is 37.3 Å². The maximum absolute atomic E-state index is 13.1. The minimum atomic E-state index is -0.859. The van der Waals surface area contributed by atoms with Gasteiger partial charge in [-0.3, -0.25) is 4.79 Å². The van der Waals surface area contributed by atoms with Crippen molar-refractivity contribution in [1.82, 2.24) is 9.66 Å². The summed E-state index contributed by atoms with van der Waals surface area (Å²) in [5.41, 5.74) is 0.847. The maximum Gasteiger partial charge on any atom is 0.346 e. The number of para-hydroxylation sites is 1. The molecule has 1 atom stereocenters. The fourth-order valence-corrected chi connectivity index (χ4v) is 3.34. The van der Waals surface area contributed by atoms with Gasteiger partial charge in [-0.1, -0.05) is 28.9 Å². The van der Waals surface area contributed by atoms with E-state index in [9.17, 15) is 9.59 Å². The van der Waals surface area contributed by atoms with Gasteiger partial charge in [-0.25, -0.2) is 9.78 Å². The summed E-state index contributed by atoms with van der Waals surface area (Å²) in [6.07, 6.45) is 1.13. The van der Waals surface area contributed by atoms with Crippen molar-refractivity contribution in [2.45, 2.75) is 26.4 Å². The molecule has 0 saturated carbocycles. The van der Waals surface area contributed by atoms with Gasteiger partial charge in [-0.2, -0.15) is 9.78 Å². The zero-order valence-corrected chi connectivity index (χ0v) is 19.2. The third-order valence-electron chi connectivity index (χ3n) is 4.56. The van der Waals surface area contributed by atoms with Crippen molar-refractivity contribution in [1.29, 1.82) is 0 Å². The van der Waals surface area contributed by atoms with Crippen LogP contribution in [-0.4, -0.2) is 42.2 Å². The van der Waals surface area contributed by atoms with Gasteiger partial charge in [0.15, 0.2) is 17.6 Å². The van der Waals surface area contributed by atoms with E-state index in [2.05, 4.69) is 26.0 Å². The number of methoxy groups -OCH3 is 2. The molecule has 0 fully saturated rings. The molecule has 31 heavy (non-hydrogen) atoms. The van der Waals surface area contributed by atoms with Crippen LogP contribution in [-0.2, 0) is 16.0 Å². The van der Waals surface area contributed by atoms with Crippen LogP contribution in [0.3, 0.4) is 0 Å². The molecule has 0 N–H and O–H groups in total. The number of aromatic nitrogens is 2. The number of hydrogen-bond donors (Lipinski definition) is 0. The van der Waals surface area contributed by atoms with Crippen LogP contribution in [0.5, 0.6) is 11.5 Å².